The van der Waals surface area contributed by atoms with E-state index in [1.54, 1.807) is 6.20 Å². The minimum absolute atomic E-state index is 0.0741. The summed E-state index contributed by atoms with van der Waals surface area (Å²) in [6.45, 7) is 1.94. The quantitative estimate of drug-likeness (QED) is 0.821. The van der Waals surface area contributed by atoms with Crippen LogP contribution >= 0.6 is 0 Å². The van der Waals surface area contributed by atoms with Crippen LogP contribution in [0.25, 0.3) is 0 Å². The number of aryl methyl sites for hydroxylation is 1. The third kappa shape index (κ3) is 4.31. The number of carboxylic acid groups (broad SMARTS) is 1. The molecule has 1 aromatic heterocycles. The van der Waals surface area contributed by atoms with Crippen molar-refractivity contribution in [2.24, 2.45) is 0 Å². The fourth-order valence-electron chi connectivity index (χ4n) is 3.59. The van der Waals surface area contributed by atoms with Gasteiger partial charge in [-0.15, -0.1) is 0 Å². The summed E-state index contributed by atoms with van der Waals surface area (Å²) >= 11 is 0. The van der Waals surface area contributed by atoms with Crippen LogP contribution in [0.15, 0.2) is 30.5 Å². The number of nitrogens with zero attached hydrogens (tertiary/aromatic N) is 2. The molecular weight excluding hydrogens is 330 g/mol. The van der Waals surface area contributed by atoms with Crippen molar-refractivity contribution in [3.05, 3.63) is 47.3 Å². The Morgan fingerprint density at radius 2 is 2.04 bits per heavy atom. The highest BCUT2D eigenvalue weighted by Crippen LogP contribution is 2.29. The normalized spacial score (nSPS) is 15.0. The van der Waals surface area contributed by atoms with E-state index < -0.39 is 5.97 Å². The Morgan fingerprint density at radius 1 is 1.27 bits per heavy atom. The van der Waals surface area contributed by atoms with Gasteiger partial charge in [-0.2, -0.15) is 5.10 Å². The van der Waals surface area contributed by atoms with Gasteiger partial charge in [-0.3, -0.25) is 14.3 Å². The zero-order valence-corrected chi connectivity index (χ0v) is 15.1. The number of aliphatic carboxylic acids is 1. The van der Waals surface area contributed by atoms with E-state index in [4.69, 9.17) is 5.11 Å². The number of carboxylic acids is 1. The highest BCUT2D eigenvalue weighted by Gasteiger charge is 2.21. The van der Waals surface area contributed by atoms with Crippen LogP contribution < -0.4 is 5.32 Å². The van der Waals surface area contributed by atoms with Gasteiger partial charge in [0.15, 0.2) is 0 Å². The van der Waals surface area contributed by atoms with Crippen LogP contribution in [0.4, 0.5) is 5.69 Å². The summed E-state index contributed by atoms with van der Waals surface area (Å²) in [6.07, 6.45) is 8.12. The van der Waals surface area contributed by atoms with Crippen LogP contribution in [-0.4, -0.2) is 26.8 Å². The molecule has 1 heterocycles. The molecule has 6 nitrogen and oxygen atoms in total. The summed E-state index contributed by atoms with van der Waals surface area (Å²) < 4.78 is 2.00. The van der Waals surface area contributed by atoms with Crippen molar-refractivity contribution in [3.8, 4) is 0 Å². The van der Waals surface area contributed by atoms with E-state index in [1.165, 1.54) is 19.3 Å². The van der Waals surface area contributed by atoms with Crippen LogP contribution in [0.5, 0.6) is 0 Å². The summed E-state index contributed by atoms with van der Waals surface area (Å²) in [4.78, 5) is 23.4. The molecule has 6 heteroatoms. The average Bonchev–Trinajstić information content (AvgIpc) is 3.02. The van der Waals surface area contributed by atoms with Crippen molar-refractivity contribution in [2.45, 2.75) is 57.9 Å². The van der Waals surface area contributed by atoms with Gasteiger partial charge in [-0.05, 0) is 43.9 Å². The summed E-state index contributed by atoms with van der Waals surface area (Å²) in [7, 11) is 0. The molecule has 0 aliphatic heterocycles. The number of nitrogens with one attached hydrogen (secondary N) is 1. The number of rotatable bonds is 6. The van der Waals surface area contributed by atoms with Crippen molar-refractivity contribution < 1.29 is 14.7 Å². The molecule has 1 aromatic carbocycles. The van der Waals surface area contributed by atoms with E-state index in [2.05, 4.69) is 10.4 Å². The lowest BCUT2D eigenvalue weighted by molar-refractivity contribution is -0.136. The average molecular weight is 355 g/mol. The smallest absolute Gasteiger partial charge is 0.303 e. The van der Waals surface area contributed by atoms with E-state index in [0.717, 1.165) is 24.1 Å². The van der Waals surface area contributed by atoms with E-state index in [0.29, 0.717) is 23.7 Å². The molecule has 0 saturated heterocycles. The van der Waals surface area contributed by atoms with Gasteiger partial charge < -0.3 is 10.4 Å². The van der Waals surface area contributed by atoms with Crippen molar-refractivity contribution in [1.29, 1.82) is 0 Å². The summed E-state index contributed by atoms with van der Waals surface area (Å²) in [5, 5.41) is 16.2. The molecule has 0 atom stereocenters. The second-order valence-electron chi connectivity index (χ2n) is 6.93. The first-order chi connectivity index (χ1) is 12.5. The molecular formula is C20H25N3O3. The van der Waals surface area contributed by atoms with Crippen LogP contribution in [0.3, 0.4) is 0 Å². The van der Waals surface area contributed by atoms with E-state index in [1.807, 2.05) is 35.9 Å². The first kappa shape index (κ1) is 18.2. The molecule has 1 saturated carbocycles. The summed E-state index contributed by atoms with van der Waals surface area (Å²) in [5.41, 5.74) is 3.05. The zero-order valence-electron chi connectivity index (χ0n) is 15.1. The molecule has 2 aromatic rings. The minimum Gasteiger partial charge on any atom is -0.481 e. The topological polar surface area (TPSA) is 84.2 Å². The molecule has 3 rings (SSSR count). The van der Waals surface area contributed by atoms with Gasteiger partial charge in [0.2, 0.25) is 0 Å². The van der Waals surface area contributed by atoms with Gasteiger partial charge in [0.05, 0.1) is 17.8 Å². The van der Waals surface area contributed by atoms with E-state index in [9.17, 15) is 9.59 Å². The van der Waals surface area contributed by atoms with Gasteiger partial charge >= 0.3 is 5.97 Å². The maximum atomic E-state index is 12.6. The van der Waals surface area contributed by atoms with Crippen molar-refractivity contribution in [2.75, 3.05) is 5.32 Å². The van der Waals surface area contributed by atoms with Gasteiger partial charge in [0.1, 0.15) is 0 Å². The monoisotopic (exact) mass is 355 g/mol. The molecule has 2 N–H and O–H groups in total. The second kappa shape index (κ2) is 8.17. The first-order valence-electron chi connectivity index (χ1n) is 9.21. The van der Waals surface area contributed by atoms with Gasteiger partial charge in [-0.1, -0.05) is 31.4 Å². The van der Waals surface area contributed by atoms with E-state index in [-0.39, 0.29) is 12.3 Å². The molecule has 138 valence electrons. The molecule has 0 radical (unpaired) electrons. The maximum absolute atomic E-state index is 12.6. The summed E-state index contributed by atoms with van der Waals surface area (Å²) in [6, 6.07) is 7.71. The van der Waals surface area contributed by atoms with Gasteiger partial charge in [0.25, 0.3) is 5.91 Å². The minimum atomic E-state index is -0.829. The Balaban J connectivity index is 1.69. The Hall–Kier alpha value is -2.63. The number of aromatic nitrogens is 2. The Morgan fingerprint density at radius 3 is 2.77 bits per heavy atom. The second-order valence-corrected chi connectivity index (χ2v) is 6.93. The van der Waals surface area contributed by atoms with Crippen molar-refractivity contribution >= 4 is 17.6 Å². The SMILES string of the molecule is Cc1c(C(=O)Nc2cccc(CCC(=O)O)c2)cnn1C1CCCCC1. The molecule has 1 fully saturated rings. The Kier molecular flexibility index (Phi) is 5.71. The van der Waals surface area contributed by atoms with Crippen LogP contribution in [-0.2, 0) is 11.2 Å². The van der Waals surface area contributed by atoms with Crippen LogP contribution in [0.1, 0.15) is 66.2 Å². The molecule has 1 aliphatic carbocycles. The van der Waals surface area contributed by atoms with E-state index >= 15 is 0 Å². The molecule has 1 aliphatic rings. The number of carbonyl (C=O) groups is 2. The molecule has 0 bridgehead atoms. The fraction of sp³-hybridized carbons (Fsp3) is 0.450. The van der Waals surface area contributed by atoms with Crippen molar-refractivity contribution in [3.63, 3.8) is 0 Å². The predicted octanol–water partition coefficient (Wildman–Crippen LogP) is 3.97. The standard InChI is InChI=1S/C20H25N3O3/c1-14-18(13-21-23(14)17-8-3-2-4-9-17)20(26)22-16-7-5-6-15(12-16)10-11-19(24)25/h5-7,12-13,17H,2-4,8-11H2,1H3,(H,22,26)(H,24,25). The number of benzene rings is 1. The van der Waals surface area contributed by atoms with Crippen LogP contribution in [0.2, 0.25) is 0 Å². The first-order valence-corrected chi connectivity index (χ1v) is 9.21. The predicted molar refractivity (Wildman–Crippen MR) is 99.4 cm³/mol. The number of hydrogen-bond acceptors (Lipinski definition) is 3. The number of carbonyl (C=O) groups excluding carboxylic acids is 1. The third-order valence-electron chi connectivity index (χ3n) is 5.02. The number of anilines is 1. The fourth-order valence-corrected chi connectivity index (χ4v) is 3.59. The van der Waals surface area contributed by atoms with Gasteiger partial charge in [0, 0.05) is 17.8 Å². The summed E-state index contributed by atoms with van der Waals surface area (Å²) in [5.74, 6) is -1.01. The molecule has 0 unspecified atom stereocenters. The zero-order chi connectivity index (χ0) is 18.5. The third-order valence-corrected chi connectivity index (χ3v) is 5.02. The lowest BCUT2D eigenvalue weighted by Crippen LogP contribution is -2.17. The Bertz CT molecular complexity index is 791. The number of amides is 1. The molecule has 26 heavy (non-hydrogen) atoms. The molecule has 0 spiro atoms. The highest BCUT2D eigenvalue weighted by molar-refractivity contribution is 6.04. The lowest BCUT2D eigenvalue weighted by atomic mass is 9.95. The van der Waals surface area contributed by atoms with Crippen LogP contribution in [0, 0.1) is 6.92 Å². The largest absolute Gasteiger partial charge is 0.481 e. The molecule has 1 amide bonds. The lowest BCUT2D eigenvalue weighted by Gasteiger charge is -2.23. The number of hydrogen-bond donors (Lipinski definition) is 2. The van der Waals surface area contributed by atoms with Gasteiger partial charge in [-0.25, -0.2) is 0 Å². The van der Waals surface area contributed by atoms with Crippen molar-refractivity contribution in [1.82, 2.24) is 9.78 Å². The highest BCUT2D eigenvalue weighted by atomic mass is 16.4. The Labute approximate surface area is 153 Å². The maximum Gasteiger partial charge on any atom is 0.303 e.